The fraction of sp³-hybridized carbons (Fsp3) is 0.194. The second kappa shape index (κ2) is 12.4. The molecular formula is C31H30F2N8O3. The van der Waals surface area contributed by atoms with Crippen molar-refractivity contribution in [3.05, 3.63) is 94.6 Å². The van der Waals surface area contributed by atoms with E-state index in [1.54, 1.807) is 36.4 Å². The van der Waals surface area contributed by atoms with Crippen LogP contribution in [0.1, 0.15) is 31.8 Å². The van der Waals surface area contributed by atoms with Gasteiger partial charge in [-0.1, -0.05) is 18.2 Å². The third-order valence-electron chi connectivity index (χ3n) is 6.98. The van der Waals surface area contributed by atoms with Gasteiger partial charge in [-0.15, -0.1) is 0 Å². The van der Waals surface area contributed by atoms with Gasteiger partial charge in [0, 0.05) is 41.0 Å². The number of nitrogens with two attached hydrogens (primary N) is 1. The number of hydrogen-bond acceptors (Lipinski definition) is 7. The van der Waals surface area contributed by atoms with Crippen molar-refractivity contribution in [2.75, 3.05) is 42.7 Å². The van der Waals surface area contributed by atoms with Crippen LogP contribution in [-0.2, 0) is 6.54 Å². The summed E-state index contributed by atoms with van der Waals surface area (Å²) in [6.07, 6.45) is 0. The third kappa shape index (κ3) is 6.17. The van der Waals surface area contributed by atoms with E-state index in [9.17, 15) is 23.2 Å². The van der Waals surface area contributed by atoms with E-state index in [1.807, 2.05) is 25.9 Å². The second-order valence-electron chi connectivity index (χ2n) is 10.4. The highest BCUT2D eigenvalue weighted by Crippen LogP contribution is 2.39. The average Bonchev–Trinajstić information content (AvgIpc) is 2.98. The van der Waals surface area contributed by atoms with Gasteiger partial charge in [0.1, 0.15) is 17.3 Å². The van der Waals surface area contributed by atoms with Gasteiger partial charge in [-0.05, 0) is 69.0 Å². The molecule has 0 aliphatic carbocycles. The molecule has 0 atom stereocenters. The van der Waals surface area contributed by atoms with Crippen molar-refractivity contribution in [1.82, 2.24) is 20.2 Å². The minimum Gasteiger partial charge on any atom is -0.366 e. The molecule has 0 saturated heterocycles. The van der Waals surface area contributed by atoms with Crippen molar-refractivity contribution < 1.29 is 23.2 Å². The van der Waals surface area contributed by atoms with Gasteiger partial charge in [0.2, 0.25) is 11.9 Å². The van der Waals surface area contributed by atoms with E-state index < -0.39 is 35.2 Å². The van der Waals surface area contributed by atoms with E-state index in [-0.39, 0.29) is 29.4 Å². The number of hydrogen-bond donors (Lipinski definition) is 4. The van der Waals surface area contributed by atoms with Gasteiger partial charge in [-0.2, -0.15) is 4.98 Å². The molecule has 1 aliphatic heterocycles. The molecule has 0 spiro atoms. The van der Waals surface area contributed by atoms with Gasteiger partial charge in [0.25, 0.3) is 5.91 Å². The summed E-state index contributed by atoms with van der Waals surface area (Å²) in [4.78, 5) is 50.0. The van der Waals surface area contributed by atoms with Crippen molar-refractivity contribution in [2.45, 2.75) is 13.5 Å². The topological polar surface area (TPSA) is 146 Å². The van der Waals surface area contributed by atoms with Crippen molar-refractivity contribution >= 4 is 41.0 Å². The summed E-state index contributed by atoms with van der Waals surface area (Å²) >= 11 is 0. The summed E-state index contributed by atoms with van der Waals surface area (Å²) in [5.74, 6) is -2.82. The standard InChI is InChI=1S/C31H30F2N8O3/c1-17-10-11-19(29(43)37-20-7-4-6-18(14-20)27(34)42)15-21(17)25-22-16-36-31(44)41(26-23(32)8-5-9-24(26)33)28(22)39-30(38-25)35-12-13-40(2)3/h4-11,14-15H,12-13,16H2,1-3H3,(H2,34,42)(H,36,44)(H,37,43)(H,35,38,39). The largest absolute Gasteiger partial charge is 0.366 e. The molecule has 5 rings (SSSR count). The fourth-order valence-corrected chi connectivity index (χ4v) is 4.73. The van der Waals surface area contributed by atoms with E-state index in [2.05, 4.69) is 20.9 Å². The summed E-state index contributed by atoms with van der Waals surface area (Å²) in [5.41, 5.74) is 7.76. The van der Waals surface area contributed by atoms with Crippen LogP contribution >= 0.6 is 0 Å². The zero-order chi connectivity index (χ0) is 31.5. The Morgan fingerprint density at radius 1 is 1.02 bits per heavy atom. The van der Waals surface area contributed by atoms with Crippen LogP contribution in [0.4, 0.5) is 36.7 Å². The van der Waals surface area contributed by atoms with E-state index in [4.69, 9.17) is 10.7 Å². The number of para-hydroxylation sites is 1. The van der Waals surface area contributed by atoms with Crippen LogP contribution < -0.4 is 26.6 Å². The van der Waals surface area contributed by atoms with Crippen LogP contribution in [0.5, 0.6) is 0 Å². The van der Waals surface area contributed by atoms with Crippen molar-refractivity contribution in [2.24, 2.45) is 5.73 Å². The molecule has 1 aromatic heterocycles. The number of primary amides is 1. The predicted octanol–water partition coefficient (Wildman–Crippen LogP) is 4.42. The zero-order valence-corrected chi connectivity index (χ0v) is 24.2. The third-order valence-corrected chi connectivity index (χ3v) is 6.98. The van der Waals surface area contributed by atoms with Gasteiger partial charge in [0.15, 0.2) is 5.82 Å². The Labute approximate surface area is 252 Å². The highest BCUT2D eigenvalue weighted by Gasteiger charge is 2.34. The molecule has 0 fully saturated rings. The smallest absolute Gasteiger partial charge is 0.328 e. The number of halogens is 2. The number of rotatable bonds is 9. The molecule has 3 aromatic carbocycles. The Morgan fingerprint density at radius 2 is 1.75 bits per heavy atom. The first-order valence-corrected chi connectivity index (χ1v) is 13.7. The molecule has 13 heteroatoms. The van der Waals surface area contributed by atoms with Crippen molar-refractivity contribution in [3.8, 4) is 11.3 Å². The Balaban J connectivity index is 1.61. The number of fused-ring (bicyclic) bond motifs is 1. The van der Waals surface area contributed by atoms with E-state index in [1.165, 1.54) is 12.1 Å². The molecule has 0 unspecified atom stereocenters. The van der Waals surface area contributed by atoms with E-state index in [0.29, 0.717) is 35.6 Å². The van der Waals surface area contributed by atoms with Gasteiger partial charge in [-0.3, -0.25) is 9.59 Å². The molecule has 44 heavy (non-hydrogen) atoms. The lowest BCUT2D eigenvalue weighted by Gasteiger charge is -2.31. The van der Waals surface area contributed by atoms with E-state index in [0.717, 1.165) is 22.6 Å². The van der Waals surface area contributed by atoms with Crippen molar-refractivity contribution in [1.29, 1.82) is 0 Å². The van der Waals surface area contributed by atoms with Crippen LogP contribution in [0, 0.1) is 18.6 Å². The molecule has 0 radical (unpaired) electrons. The van der Waals surface area contributed by atoms with Crippen molar-refractivity contribution in [3.63, 3.8) is 0 Å². The first-order chi connectivity index (χ1) is 21.0. The van der Waals surface area contributed by atoms with Crippen LogP contribution in [-0.4, -0.2) is 59.9 Å². The molecule has 0 bridgehead atoms. The van der Waals surface area contributed by atoms with Crippen LogP contribution in [0.3, 0.4) is 0 Å². The lowest BCUT2D eigenvalue weighted by molar-refractivity contribution is 0.0996. The summed E-state index contributed by atoms with van der Waals surface area (Å²) < 4.78 is 30.0. The maximum atomic E-state index is 15.0. The molecular weight excluding hydrogens is 570 g/mol. The molecule has 226 valence electrons. The predicted molar refractivity (Wildman–Crippen MR) is 163 cm³/mol. The van der Waals surface area contributed by atoms with Crippen LogP contribution in [0.25, 0.3) is 11.3 Å². The molecule has 4 aromatic rings. The second-order valence-corrected chi connectivity index (χ2v) is 10.4. The first kappa shape index (κ1) is 30.0. The van der Waals surface area contributed by atoms with Gasteiger partial charge in [0.05, 0.1) is 12.2 Å². The minimum absolute atomic E-state index is 0.00706. The van der Waals surface area contributed by atoms with Crippen LogP contribution in [0.2, 0.25) is 0 Å². The van der Waals surface area contributed by atoms with Gasteiger partial charge >= 0.3 is 6.03 Å². The lowest BCUT2D eigenvalue weighted by atomic mass is 9.97. The Bertz CT molecular complexity index is 1760. The SMILES string of the molecule is Cc1ccc(C(=O)Nc2cccc(C(N)=O)c2)cc1-c1nc(NCCN(C)C)nc2c1CNC(=O)N2c1c(F)cccc1F. The molecule has 0 saturated carbocycles. The highest BCUT2D eigenvalue weighted by atomic mass is 19.1. The number of aromatic nitrogens is 2. The number of aryl methyl sites for hydroxylation is 1. The maximum Gasteiger partial charge on any atom is 0.328 e. The minimum atomic E-state index is -0.939. The van der Waals surface area contributed by atoms with Crippen LogP contribution in [0.15, 0.2) is 60.7 Å². The number of nitrogens with zero attached hydrogens (tertiary/aromatic N) is 4. The number of amides is 4. The number of carbonyl (C=O) groups is 3. The molecule has 2 heterocycles. The normalized spacial score (nSPS) is 12.5. The number of likely N-dealkylation sites (N-methyl/N-ethyl adjacent to an activating group) is 1. The Kier molecular flexibility index (Phi) is 8.49. The summed E-state index contributed by atoms with van der Waals surface area (Å²) in [6, 6.07) is 13.8. The Hall–Kier alpha value is -5.43. The maximum absolute atomic E-state index is 15.0. The summed E-state index contributed by atoms with van der Waals surface area (Å²) in [5, 5.41) is 8.56. The molecule has 4 amide bonds. The molecule has 11 nitrogen and oxygen atoms in total. The van der Waals surface area contributed by atoms with E-state index >= 15 is 0 Å². The number of carbonyl (C=O) groups excluding carboxylic acids is 3. The van der Waals surface area contributed by atoms with Gasteiger partial charge < -0.3 is 26.6 Å². The summed E-state index contributed by atoms with van der Waals surface area (Å²) in [6.45, 7) is 2.88. The molecule has 5 N–H and O–H groups in total. The average molecular weight is 601 g/mol. The number of anilines is 4. The number of benzene rings is 3. The summed E-state index contributed by atoms with van der Waals surface area (Å²) in [7, 11) is 3.80. The monoisotopic (exact) mass is 600 g/mol. The quantitative estimate of drug-likeness (QED) is 0.223. The lowest BCUT2D eigenvalue weighted by Crippen LogP contribution is -2.43. The van der Waals surface area contributed by atoms with Gasteiger partial charge in [-0.25, -0.2) is 23.5 Å². The number of urea groups is 1. The fourth-order valence-electron chi connectivity index (χ4n) is 4.73. The first-order valence-electron chi connectivity index (χ1n) is 13.7. The highest BCUT2D eigenvalue weighted by molar-refractivity contribution is 6.06. The zero-order valence-electron chi connectivity index (χ0n) is 24.2. The Morgan fingerprint density at radius 3 is 2.45 bits per heavy atom. The molecule has 1 aliphatic rings. The number of nitrogens with one attached hydrogen (secondary N) is 3.